The molecule has 2 atom stereocenters. The summed E-state index contributed by atoms with van der Waals surface area (Å²) in [5.41, 5.74) is 0. The minimum Gasteiger partial charge on any atom is -0.480 e. The van der Waals surface area contributed by atoms with Crippen LogP contribution >= 0.6 is 0 Å². The fourth-order valence-electron chi connectivity index (χ4n) is 3.84. The molecule has 8 nitrogen and oxygen atoms in total. The van der Waals surface area contributed by atoms with Crippen LogP contribution < -0.4 is 0 Å². The average Bonchev–Trinajstić information content (AvgIpc) is 3.26. The van der Waals surface area contributed by atoms with Crippen molar-refractivity contribution >= 4 is 23.8 Å². The average molecular weight is 368 g/mol. The van der Waals surface area contributed by atoms with Gasteiger partial charge in [0.05, 0.1) is 0 Å². The van der Waals surface area contributed by atoms with Crippen molar-refractivity contribution in [1.82, 2.24) is 9.80 Å². The van der Waals surface area contributed by atoms with E-state index < -0.39 is 24.0 Å². The zero-order valence-electron chi connectivity index (χ0n) is 15.1. The Morgan fingerprint density at radius 1 is 0.692 bits per heavy atom. The minimum absolute atomic E-state index is 0.104. The SMILES string of the molecule is O=C(O)C1CCCN1C(=O)CCCCCCC(=O)N1CCCC1C(=O)O. The molecule has 2 N–H and O–H groups in total. The number of amides is 2. The lowest BCUT2D eigenvalue weighted by atomic mass is 10.1. The van der Waals surface area contributed by atoms with Crippen LogP contribution in [-0.2, 0) is 19.2 Å². The number of carboxylic acids is 2. The lowest BCUT2D eigenvalue weighted by molar-refractivity contribution is -0.148. The normalized spacial score (nSPS) is 22.6. The molecule has 2 heterocycles. The number of carbonyl (C=O) groups excluding carboxylic acids is 2. The van der Waals surface area contributed by atoms with Gasteiger partial charge in [-0.3, -0.25) is 9.59 Å². The van der Waals surface area contributed by atoms with Crippen LogP contribution in [0.3, 0.4) is 0 Å². The van der Waals surface area contributed by atoms with Gasteiger partial charge in [-0.25, -0.2) is 9.59 Å². The Morgan fingerprint density at radius 2 is 1.08 bits per heavy atom. The van der Waals surface area contributed by atoms with E-state index in [1.165, 1.54) is 9.80 Å². The Balaban J connectivity index is 1.59. The lowest BCUT2D eigenvalue weighted by Crippen LogP contribution is -2.40. The van der Waals surface area contributed by atoms with E-state index in [-0.39, 0.29) is 11.8 Å². The Labute approximate surface area is 153 Å². The van der Waals surface area contributed by atoms with E-state index in [1.54, 1.807) is 0 Å². The Bertz CT molecular complexity index is 502. The fraction of sp³-hybridized carbons (Fsp3) is 0.778. The van der Waals surface area contributed by atoms with Gasteiger partial charge in [0, 0.05) is 25.9 Å². The van der Waals surface area contributed by atoms with Gasteiger partial charge in [0.1, 0.15) is 12.1 Å². The Morgan fingerprint density at radius 3 is 1.42 bits per heavy atom. The molecule has 8 heteroatoms. The van der Waals surface area contributed by atoms with Crippen LogP contribution in [0.2, 0.25) is 0 Å². The molecule has 2 amide bonds. The van der Waals surface area contributed by atoms with Gasteiger partial charge in [-0.15, -0.1) is 0 Å². The summed E-state index contributed by atoms with van der Waals surface area (Å²) in [4.78, 5) is 49.4. The largest absolute Gasteiger partial charge is 0.480 e. The summed E-state index contributed by atoms with van der Waals surface area (Å²) in [5, 5.41) is 18.2. The standard InChI is InChI=1S/C18H28N2O6/c21-15(19-11-5-7-13(19)17(23)24)9-3-1-2-4-10-16(22)20-12-6-8-14(20)18(25)26/h13-14H,1-12H2,(H,23,24)(H,25,26). The number of unbranched alkanes of at least 4 members (excludes halogenated alkanes) is 3. The van der Waals surface area contributed by atoms with Gasteiger partial charge in [-0.05, 0) is 38.5 Å². The molecular formula is C18H28N2O6. The van der Waals surface area contributed by atoms with Crippen LogP contribution in [0.25, 0.3) is 0 Å². The van der Waals surface area contributed by atoms with Gasteiger partial charge < -0.3 is 20.0 Å². The van der Waals surface area contributed by atoms with E-state index in [9.17, 15) is 19.2 Å². The van der Waals surface area contributed by atoms with Crippen LogP contribution in [0.15, 0.2) is 0 Å². The molecule has 146 valence electrons. The van der Waals surface area contributed by atoms with E-state index in [0.29, 0.717) is 51.6 Å². The van der Waals surface area contributed by atoms with Crippen LogP contribution in [0.5, 0.6) is 0 Å². The lowest BCUT2D eigenvalue weighted by Gasteiger charge is -2.21. The first-order valence-corrected chi connectivity index (χ1v) is 9.46. The molecule has 2 unspecified atom stereocenters. The number of nitrogens with zero attached hydrogens (tertiary/aromatic N) is 2. The zero-order valence-corrected chi connectivity index (χ0v) is 15.1. The van der Waals surface area contributed by atoms with E-state index in [4.69, 9.17) is 10.2 Å². The minimum atomic E-state index is -0.934. The highest BCUT2D eigenvalue weighted by molar-refractivity contribution is 5.84. The molecule has 26 heavy (non-hydrogen) atoms. The molecule has 2 fully saturated rings. The number of hydrogen-bond donors (Lipinski definition) is 2. The van der Waals surface area contributed by atoms with Crippen molar-refractivity contribution in [2.24, 2.45) is 0 Å². The third-order valence-electron chi connectivity index (χ3n) is 5.25. The van der Waals surface area contributed by atoms with Gasteiger partial charge in [-0.1, -0.05) is 12.8 Å². The van der Waals surface area contributed by atoms with Crippen LogP contribution in [0.1, 0.15) is 64.2 Å². The maximum absolute atomic E-state index is 12.1. The van der Waals surface area contributed by atoms with Crippen molar-refractivity contribution in [1.29, 1.82) is 0 Å². The molecule has 0 aliphatic carbocycles. The molecule has 0 saturated carbocycles. The molecule has 0 bridgehead atoms. The third kappa shape index (κ3) is 5.19. The first kappa shape index (κ1) is 20.2. The number of likely N-dealkylation sites (tertiary alicyclic amines) is 2. The predicted octanol–water partition coefficient (Wildman–Crippen LogP) is 1.48. The third-order valence-corrected chi connectivity index (χ3v) is 5.25. The van der Waals surface area contributed by atoms with Gasteiger partial charge in [0.25, 0.3) is 0 Å². The van der Waals surface area contributed by atoms with Gasteiger partial charge in [0.2, 0.25) is 11.8 Å². The van der Waals surface area contributed by atoms with E-state index >= 15 is 0 Å². The van der Waals surface area contributed by atoms with Crippen molar-refractivity contribution in [3.63, 3.8) is 0 Å². The Hall–Kier alpha value is -2.12. The highest BCUT2D eigenvalue weighted by atomic mass is 16.4. The summed E-state index contributed by atoms with van der Waals surface area (Å²) in [7, 11) is 0. The smallest absolute Gasteiger partial charge is 0.326 e. The summed E-state index contributed by atoms with van der Waals surface area (Å²) in [5.74, 6) is -2.08. The number of carbonyl (C=O) groups is 4. The first-order chi connectivity index (χ1) is 12.4. The summed E-state index contributed by atoms with van der Waals surface area (Å²) in [6, 6.07) is -1.36. The summed E-state index contributed by atoms with van der Waals surface area (Å²) in [6.07, 6.45) is 6.15. The van der Waals surface area contributed by atoms with Crippen molar-refractivity contribution in [2.45, 2.75) is 76.3 Å². The topological polar surface area (TPSA) is 115 Å². The van der Waals surface area contributed by atoms with Crippen molar-refractivity contribution in [3.8, 4) is 0 Å². The van der Waals surface area contributed by atoms with E-state index in [1.807, 2.05) is 0 Å². The molecule has 0 radical (unpaired) electrons. The number of carboxylic acid groups (broad SMARTS) is 2. The number of rotatable bonds is 9. The molecule has 0 spiro atoms. The number of aliphatic carboxylic acids is 2. The van der Waals surface area contributed by atoms with E-state index in [0.717, 1.165) is 25.7 Å². The van der Waals surface area contributed by atoms with Crippen LogP contribution in [0, 0.1) is 0 Å². The summed E-state index contributed by atoms with van der Waals surface area (Å²) >= 11 is 0. The number of hydrogen-bond acceptors (Lipinski definition) is 4. The highest BCUT2D eigenvalue weighted by Gasteiger charge is 2.34. The quantitative estimate of drug-likeness (QED) is 0.596. The molecule has 2 aliphatic rings. The van der Waals surface area contributed by atoms with Crippen LogP contribution in [0.4, 0.5) is 0 Å². The van der Waals surface area contributed by atoms with Crippen molar-refractivity contribution in [3.05, 3.63) is 0 Å². The summed E-state index contributed by atoms with van der Waals surface area (Å²) < 4.78 is 0. The van der Waals surface area contributed by atoms with E-state index in [2.05, 4.69) is 0 Å². The van der Waals surface area contributed by atoms with Crippen molar-refractivity contribution in [2.75, 3.05) is 13.1 Å². The summed E-state index contributed by atoms with van der Waals surface area (Å²) in [6.45, 7) is 1.04. The molecule has 2 saturated heterocycles. The molecule has 0 aromatic carbocycles. The second kappa shape index (κ2) is 9.54. The highest BCUT2D eigenvalue weighted by Crippen LogP contribution is 2.21. The molecule has 0 aromatic heterocycles. The van der Waals surface area contributed by atoms with Gasteiger partial charge in [-0.2, -0.15) is 0 Å². The monoisotopic (exact) mass is 368 g/mol. The maximum Gasteiger partial charge on any atom is 0.326 e. The molecular weight excluding hydrogens is 340 g/mol. The predicted molar refractivity (Wildman–Crippen MR) is 92.4 cm³/mol. The molecule has 0 aromatic rings. The zero-order chi connectivity index (χ0) is 19.1. The maximum atomic E-state index is 12.1. The van der Waals surface area contributed by atoms with Gasteiger partial charge in [0.15, 0.2) is 0 Å². The van der Waals surface area contributed by atoms with Gasteiger partial charge >= 0.3 is 11.9 Å². The van der Waals surface area contributed by atoms with Crippen LogP contribution in [-0.4, -0.2) is 68.9 Å². The van der Waals surface area contributed by atoms with Crippen molar-refractivity contribution < 1.29 is 29.4 Å². The molecule has 2 rings (SSSR count). The first-order valence-electron chi connectivity index (χ1n) is 9.46. The fourth-order valence-corrected chi connectivity index (χ4v) is 3.84. The second-order valence-electron chi connectivity index (χ2n) is 7.08. The Kier molecular flexibility index (Phi) is 7.41. The molecule has 2 aliphatic heterocycles. The second-order valence-corrected chi connectivity index (χ2v) is 7.08.